The van der Waals surface area contributed by atoms with Crippen LogP contribution in [-0.4, -0.2) is 66.5 Å². The van der Waals surface area contributed by atoms with Gasteiger partial charge in [-0.3, -0.25) is 9.36 Å². The van der Waals surface area contributed by atoms with E-state index in [1.165, 1.54) is 12.7 Å². The van der Waals surface area contributed by atoms with Gasteiger partial charge in [-0.1, -0.05) is 0 Å². The van der Waals surface area contributed by atoms with Gasteiger partial charge in [0.25, 0.3) is 0 Å². The number of carbonyl (C=O) groups excluding carboxylic acids is 1. The number of nitrogens with two attached hydrogens (primary N) is 2. The Labute approximate surface area is 148 Å². The lowest BCUT2D eigenvalue weighted by Crippen LogP contribution is -2.52. The molecule has 11 heteroatoms. The highest BCUT2D eigenvalue weighted by molar-refractivity contribution is 5.83. The Morgan fingerprint density at radius 2 is 2.19 bits per heavy atom. The number of hydrogen-bond donors (Lipinski definition) is 5. The van der Waals surface area contributed by atoms with Crippen molar-refractivity contribution in [3.63, 3.8) is 0 Å². The van der Waals surface area contributed by atoms with Gasteiger partial charge >= 0.3 is 0 Å². The molecule has 140 valence electrons. The SMILES string of the molecule is Nc1ncnc2c1ncn2[C@@H]1O[C@H](CO)C(O)C1NC(=O)C(N)C1CC1. The van der Waals surface area contributed by atoms with Crippen molar-refractivity contribution in [1.29, 1.82) is 0 Å². The van der Waals surface area contributed by atoms with E-state index in [-0.39, 0.29) is 17.6 Å². The summed E-state index contributed by atoms with van der Waals surface area (Å²) in [5.74, 6) is 0.0211. The number of carbonyl (C=O) groups is 1. The minimum atomic E-state index is -1.11. The highest BCUT2D eigenvalue weighted by atomic mass is 16.5. The smallest absolute Gasteiger partial charge is 0.237 e. The number of anilines is 1. The van der Waals surface area contributed by atoms with Crippen LogP contribution in [-0.2, 0) is 9.53 Å². The first kappa shape index (κ1) is 17.1. The average molecular weight is 363 g/mol. The molecule has 3 unspecified atom stereocenters. The van der Waals surface area contributed by atoms with Crippen LogP contribution in [0.25, 0.3) is 11.2 Å². The summed E-state index contributed by atoms with van der Waals surface area (Å²) in [5, 5.41) is 22.7. The fourth-order valence-corrected chi connectivity index (χ4v) is 3.28. The maximum atomic E-state index is 12.4. The van der Waals surface area contributed by atoms with E-state index in [4.69, 9.17) is 16.2 Å². The summed E-state index contributed by atoms with van der Waals surface area (Å²) in [6.07, 6.45) is 1.79. The molecule has 2 aromatic rings. The number of nitrogens with one attached hydrogen (secondary N) is 1. The van der Waals surface area contributed by atoms with Gasteiger partial charge in [0.15, 0.2) is 17.7 Å². The van der Waals surface area contributed by atoms with Gasteiger partial charge < -0.3 is 31.7 Å². The van der Waals surface area contributed by atoms with E-state index in [1.54, 1.807) is 4.57 Å². The van der Waals surface area contributed by atoms with Gasteiger partial charge in [0.1, 0.15) is 30.1 Å². The van der Waals surface area contributed by atoms with Gasteiger partial charge in [-0.25, -0.2) is 15.0 Å². The normalized spacial score (nSPS) is 29.8. The number of nitrogens with zero attached hydrogens (tertiary/aromatic N) is 4. The van der Waals surface area contributed by atoms with Crippen LogP contribution in [0.2, 0.25) is 0 Å². The quantitative estimate of drug-likeness (QED) is 0.398. The molecule has 2 fully saturated rings. The van der Waals surface area contributed by atoms with Crippen molar-refractivity contribution >= 4 is 22.9 Å². The van der Waals surface area contributed by atoms with Crippen LogP contribution < -0.4 is 16.8 Å². The molecule has 4 rings (SSSR count). The van der Waals surface area contributed by atoms with Crippen LogP contribution in [0.3, 0.4) is 0 Å². The largest absolute Gasteiger partial charge is 0.394 e. The zero-order valence-corrected chi connectivity index (χ0v) is 13.9. The van der Waals surface area contributed by atoms with Crippen LogP contribution in [0, 0.1) is 5.92 Å². The summed E-state index contributed by atoms with van der Waals surface area (Å²) in [5.41, 5.74) is 12.5. The second-order valence-electron chi connectivity index (χ2n) is 6.72. The predicted octanol–water partition coefficient (Wildman–Crippen LogP) is -2.12. The number of rotatable bonds is 5. The van der Waals surface area contributed by atoms with E-state index >= 15 is 0 Å². The van der Waals surface area contributed by atoms with Crippen LogP contribution in [0.1, 0.15) is 19.1 Å². The first-order valence-electron chi connectivity index (χ1n) is 8.44. The Hall–Kier alpha value is -2.34. The molecule has 0 spiro atoms. The summed E-state index contributed by atoms with van der Waals surface area (Å²) in [4.78, 5) is 24.6. The number of hydrogen-bond acceptors (Lipinski definition) is 9. The molecule has 7 N–H and O–H groups in total. The Kier molecular flexibility index (Phi) is 4.23. The van der Waals surface area contributed by atoms with Gasteiger partial charge in [0, 0.05) is 0 Å². The van der Waals surface area contributed by atoms with Crippen molar-refractivity contribution in [1.82, 2.24) is 24.8 Å². The number of fused-ring (bicyclic) bond motifs is 1. The fourth-order valence-electron chi connectivity index (χ4n) is 3.28. The van der Waals surface area contributed by atoms with Crippen LogP contribution in [0.15, 0.2) is 12.7 Å². The summed E-state index contributed by atoms with van der Waals surface area (Å²) >= 11 is 0. The number of imidazole rings is 1. The molecule has 1 amide bonds. The van der Waals surface area contributed by atoms with Crippen LogP contribution in [0.5, 0.6) is 0 Å². The molecule has 5 atom stereocenters. The molecule has 0 radical (unpaired) electrons. The van der Waals surface area contributed by atoms with Crippen LogP contribution in [0.4, 0.5) is 5.82 Å². The zero-order chi connectivity index (χ0) is 18.4. The standard InChI is InChI=1S/C15H21N7O4/c16-8(6-1-2-6)14(25)21-9-11(24)7(3-23)26-15(9)22-5-20-10-12(17)18-4-19-13(10)22/h4-9,11,15,23-24H,1-3,16H2,(H,21,25)(H2,17,18,19)/t7-,8?,9?,11?,15-/m1/s1. The second-order valence-corrected chi connectivity index (χ2v) is 6.72. The molecule has 1 aliphatic heterocycles. The lowest BCUT2D eigenvalue weighted by atomic mass is 10.1. The molecule has 26 heavy (non-hydrogen) atoms. The maximum absolute atomic E-state index is 12.4. The lowest BCUT2D eigenvalue weighted by Gasteiger charge is -2.24. The van der Waals surface area contributed by atoms with Crippen molar-refractivity contribution < 1.29 is 19.7 Å². The summed E-state index contributed by atoms with van der Waals surface area (Å²) in [7, 11) is 0. The number of aliphatic hydroxyl groups is 2. The van der Waals surface area contributed by atoms with E-state index in [1.807, 2.05) is 0 Å². The average Bonchev–Trinajstić information content (AvgIpc) is 3.32. The number of ether oxygens (including phenoxy) is 1. The van der Waals surface area contributed by atoms with Crippen molar-refractivity contribution in [2.24, 2.45) is 11.7 Å². The molecule has 0 bridgehead atoms. The second kappa shape index (κ2) is 6.43. The van der Waals surface area contributed by atoms with E-state index in [2.05, 4.69) is 20.3 Å². The van der Waals surface area contributed by atoms with E-state index in [9.17, 15) is 15.0 Å². The molecule has 1 aliphatic carbocycles. The van der Waals surface area contributed by atoms with Crippen molar-refractivity contribution in [2.75, 3.05) is 12.3 Å². The molecule has 2 aromatic heterocycles. The van der Waals surface area contributed by atoms with Gasteiger partial charge in [-0.2, -0.15) is 0 Å². The van der Waals surface area contributed by atoms with Crippen molar-refractivity contribution in [3.8, 4) is 0 Å². The van der Waals surface area contributed by atoms with Crippen molar-refractivity contribution in [2.45, 2.75) is 43.4 Å². The molecular weight excluding hydrogens is 342 g/mol. The minimum absolute atomic E-state index is 0.170. The maximum Gasteiger partial charge on any atom is 0.237 e. The van der Waals surface area contributed by atoms with E-state index in [0.717, 1.165) is 12.8 Å². The third kappa shape index (κ3) is 2.78. The first-order chi connectivity index (χ1) is 12.5. The Morgan fingerprint density at radius 1 is 1.42 bits per heavy atom. The molecule has 1 saturated heterocycles. The Bertz CT molecular complexity index is 823. The third-order valence-electron chi connectivity index (χ3n) is 4.95. The highest BCUT2D eigenvalue weighted by Crippen LogP contribution is 2.34. The molecule has 0 aromatic carbocycles. The fraction of sp³-hybridized carbons (Fsp3) is 0.600. The molecule has 11 nitrogen and oxygen atoms in total. The number of aromatic nitrogens is 4. The van der Waals surface area contributed by atoms with E-state index in [0.29, 0.717) is 11.2 Å². The zero-order valence-electron chi connectivity index (χ0n) is 13.9. The Balaban J connectivity index is 1.65. The molecule has 3 heterocycles. The summed E-state index contributed by atoms with van der Waals surface area (Å²) < 4.78 is 7.31. The van der Waals surface area contributed by atoms with Crippen LogP contribution >= 0.6 is 0 Å². The van der Waals surface area contributed by atoms with Crippen molar-refractivity contribution in [3.05, 3.63) is 12.7 Å². The third-order valence-corrected chi connectivity index (χ3v) is 4.95. The molecule has 2 aliphatic rings. The van der Waals surface area contributed by atoms with Gasteiger partial charge in [0.2, 0.25) is 5.91 Å². The molecular formula is C15H21N7O4. The van der Waals surface area contributed by atoms with Gasteiger partial charge in [-0.05, 0) is 18.8 Å². The number of amides is 1. The number of nitrogen functional groups attached to an aromatic ring is 1. The van der Waals surface area contributed by atoms with Gasteiger partial charge in [-0.15, -0.1) is 0 Å². The lowest BCUT2D eigenvalue weighted by molar-refractivity contribution is -0.124. The summed E-state index contributed by atoms with van der Waals surface area (Å²) in [6.45, 7) is -0.400. The topological polar surface area (TPSA) is 174 Å². The highest BCUT2D eigenvalue weighted by Gasteiger charge is 2.47. The monoisotopic (exact) mass is 363 g/mol. The Morgan fingerprint density at radius 3 is 2.88 bits per heavy atom. The minimum Gasteiger partial charge on any atom is -0.394 e. The number of aliphatic hydroxyl groups excluding tert-OH is 2. The summed E-state index contributed by atoms with van der Waals surface area (Å²) in [6, 6.07) is -1.45. The molecule has 1 saturated carbocycles. The van der Waals surface area contributed by atoms with Gasteiger partial charge in [0.05, 0.1) is 19.0 Å². The van der Waals surface area contributed by atoms with E-state index < -0.39 is 37.1 Å². The predicted molar refractivity (Wildman–Crippen MR) is 89.4 cm³/mol. The first-order valence-corrected chi connectivity index (χ1v) is 8.44.